The maximum atomic E-state index is 8.91. The van der Waals surface area contributed by atoms with E-state index in [-0.39, 0.29) is 6.61 Å². The average molecular weight is 146 g/mol. The minimum Gasteiger partial charge on any atom is -0.394 e. The summed E-state index contributed by atoms with van der Waals surface area (Å²) in [6.07, 6.45) is 4.92. The Labute approximate surface area is 62.9 Å². The summed E-state index contributed by atoms with van der Waals surface area (Å²) >= 11 is 0. The van der Waals surface area contributed by atoms with Crippen LogP contribution in [-0.4, -0.2) is 22.9 Å². The van der Waals surface area contributed by atoms with Crippen molar-refractivity contribution in [2.45, 2.75) is 45.1 Å². The second kappa shape index (κ2) is 7.03. The number of rotatable bonds is 6. The third-order valence-corrected chi connectivity index (χ3v) is 1.60. The zero-order chi connectivity index (χ0) is 7.82. The topological polar surface area (TPSA) is 40.5 Å². The van der Waals surface area contributed by atoms with Gasteiger partial charge < -0.3 is 10.2 Å². The van der Waals surface area contributed by atoms with Gasteiger partial charge in [-0.3, -0.25) is 0 Å². The van der Waals surface area contributed by atoms with Gasteiger partial charge in [-0.25, -0.2) is 0 Å². The molecule has 0 aliphatic heterocycles. The van der Waals surface area contributed by atoms with Gasteiger partial charge in [0.2, 0.25) is 0 Å². The predicted molar refractivity (Wildman–Crippen MR) is 41.9 cm³/mol. The Kier molecular flexibility index (Phi) is 6.98. The van der Waals surface area contributed by atoms with Crippen molar-refractivity contribution in [1.29, 1.82) is 0 Å². The van der Waals surface area contributed by atoms with Crippen molar-refractivity contribution in [2.24, 2.45) is 0 Å². The van der Waals surface area contributed by atoms with Crippen LogP contribution in [0.3, 0.4) is 0 Å². The molecule has 0 heterocycles. The van der Waals surface area contributed by atoms with Crippen molar-refractivity contribution in [3.63, 3.8) is 0 Å². The maximum Gasteiger partial charge on any atom is 0.0770 e. The fourth-order valence-electron chi connectivity index (χ4n) is 0.898. The molecule has 0 spiro atoms. The van der Waals surface area contributed by atoms with Gasteiger partial charge in [0.1, 0.15) is 0 Å². The monoisotopic (exact) mass is 146 g/mol. The van der Waals surface area contributed by atoms with Crippen molar-refractivity contribution < 1.29 is 10.2 Å². The molecule has 1 atom stereocenters. The molecule has 0 aromatic carbocycles. The third kappa shape index (κ3) is 6.05. The maximum absolute atomic E-state index is 8.91. The summed E-state index contributed by atoms with van der Waals surface area (Å²) in [4.78, 5) is 0. The van der Waals surface area contributed by atoms with Crippen molar-refractivity contribution in [1.82, 2.24) is 0 Å². The fraction of sp³-hybridized carbons (Fsp3) is 1.00. The molecular formula is C8H18O2. The Bertz CT molecular complexity index is 64.3. The number of hydrogen-bond donors (Lipinski definition) is 2. The minimum absolute atomic E-state index is 0.0911. The highest BCUT2D eigenvalue weighted by atomic mass is 16.3. The van der Waals surface area contributed by atoms with E-state index in [0.29, 0.717) is 0 Å². The van der Waals surface area contributed by atoms with Crippen LogP contribution < -0.4 is 0 Å². The summed E-state index contributed by atoms with van der Waals surface area (Å²) in [5.74, 6) is 0. The zero-order valence-electron chi connectivity index (χ0n) is 6.71. The van der Waals surface area contributed by atoms with Crippen LogP contribution in [0.15, 0.2) is 0 Å². The molecule has 0 unspecified atom stereocenters. The SMILES string of the molecule is CCCCCC[C@@H](O)CO. The van der Waals surface area contributed by atoms with Crippen LogP contribution >= 0.6 is 0 Å². The minimum atomic E-state index is -0.489. The molecule has 0 bridgehead atoms. The summed E-state index contributed by atoms with van der Waals surface area (Å²) in [6, 6.07) is 0. The predicted octanol–water partition coefficient (Wildman–Crippen LogP) is 1.31. The standard InChI is InChI=1S/C8H18O2/c1-2-3-4-5-6-8(10)7-9/h8-10H,2-7H2,1H3/t8-/m1/s1. The lowest BCUT2D eigenvalue weighted by Gasteiger charge is -2.04. The summed E-state index contributed by atoms with van der Waals surface area (Å²) in [5, 5.41) is 17.3. The molecule has 0 rings (SSSR count). The van der Waals surface area contributed by atoms with Crippen LogP contribution in [0, 0.1) is 0 Å². The third-order valence-electron chi connectivity index (χ3n) is 1.60. The Balaban J connectivity index is 2.89. The van der Waals surface area contributed by atoms with Crippen LogP contribution in [0.2, 0.25) is 0 Å². The van der Waals surface area contributed by atoms with Gasteiger partial charge in [0.15, 0.2) is 0 Å². The van der Waals surface area contributed by atoms with Gasteiger partial charge in [-0.2, -0.15) is 0 Å². The molecule has 62 valence electrons. The molecule has 0 amide bonds. The van der Waals surface area contributed by atoms with Crippen LogP contribution in [-0.2, 0) is 0 Å². The van der Waals surface area contributed by atoms with Crippen LogP contribution in [0.25, 0.3) is 0 Å². The van der Waals surface area contributed by atoms with E-state index < -0.39 is 6.10 Å². The summed E-state index contributed by atoms with van der Waals surface area (Å²) < 4.78 is 0. The van der Waals surface area contributed by atoms with Gasteiger partial charge in [-0.05, 0) is 6.42 Å². The highest BCUT2D eigenvalue weighted by molar-refractivity contribution is 4.52. The number of hydrogen-bond acceptors (Lipinski definition) is 2. The van der Waals surface area contributed by atoms with E-state index in [2.05, 4.69) is 6.92 Å². The normalized spacial score (nSPS) is 13.5. The lowest BCUT2D eigenvalue weighted by molar-refractivity contribution is 0.0860. The average Bonchev–Trinajstić information content (AvgIpc) is 1.98. The number of aliphatic hydroxyl groups excluding tert-OH is 2. The van der Waals surface area contributed by atoms with Gasteiger partial charge in [-0.15, -0.1) is 0 Å². The van der Waals surface area contributed by atoms with E-state index in [1.165, 1.54) is 19.3 Å². The van der Waals surface area contributed by atoms with Crippen LogP contribution in [0.1, 0.15) is 39.0 Å². The second-order valence-electron chi connectivity index (χ2n) is 2.69. The Hall–Kier alpha value is -0.0800. The highest BCUT2D eigenvalue weighted by Gasteiger charge is 1.99. The molecule has 0 saturated carbocycles. The first-order valence-corrected chi connectivity index (χ1v) is 4.10. The van der Waals surface area contributed by atoms with Gasteiger partial charge in [-0.1, -0.05) is 32.6 Å². The highest BCUT2D eigenvalue weighted by Crippen LogP contribution is 2.04. The molecule has 10 heavy (non-hydrogen) atoms. The van der Waals surface area contributed by atoms with E-state index in [1.54, 1.807) is 0 Å². The molecule has 0 radical (unpaired) electrons. The molecular weight excluding hydrogens is 128 g/mol. The van der Waals surface area contributed by atoms with Gasteiger partial charge in [0, 0.05) is 0 Å². The Morgan fingerprint density at radius 1 is 1.20 bits per heavy atom. The molecule has 0 aliphatic rings. The van der Waals surface area contributed by atoms with Crippen molar-refractivity contribution >= 4 is 0 Å². The van der Waals surface area contributed by atoms with E-state index >= 15 is 0 Å². The zero-order valence-corrected chi connectivity index (χ0v) is 6.71. The van der Waals surface area contributed by atoms with E-state index in [1.807, 2.05) is 0 Å². The lowest BCUT2D eigenvalue weighted by Crippen LogP contribution is -2.10. The smallest absolute Gasteiger partial charge is 0.0770 e. The number of unbranched alkanes of at least 4 members (excludes halogenated alkanes) is 3. The molecule has 0 aromatic rings. The van der Waals surface area contributed by atoms with Crippen molar-refractivity contribution in [3.8, 4) is 0 Å². The fourth-order valence-corrected chi connectivity index (χ4v) is 0.898. The molecule has 0 aromatic heterocycles. The van der Waals surface area contributed by atoms with E-state index in [0.717, 1.165) is 12.8 Å². The van der Waals surface area contributed by atoms with Crippen LogP contribution in [0.5, 0.6) is 0 Å². The molecule has 2 N–H and O–H groups in total. The van der Waals surface area contributed by atoms with Gasteiger partial charge in [0.25, 0.3) is 0 Å². The first-order valence-electron chi connectivity index (χ1n) is 4.10. The largest absolute Gasteiger partial charge is 0.394 e. The summed E-state index contributed by atoms with van der Waals surface area (Å²) in [7, 11) is 0. The lowest BCUT2D eigenvalue weighted by atomic mass is 10.1. The molecule has 0 saturated heterocycles. The van der Waals surface area contributed by atoms with E-state index in [9.17, 15) is 0 Å². The van der Waals surface area contributed by atoms with Gasteiger partial charge >= 0.3 is 0 Å². The quantitative estimate of drug-likeness (QED) is 0.555. The van der Waals surface area contributed by atoms with Crippen LogP contribution in [0.4, 0.5) is 0 Å². The van der Waals surface area contributed by atoms with E-state index in [4.69, 9.17) is 10.2 Å². The van der Waals surface area contributed by atoms with Crippen molar-refractivity contribution in [2.75, 3.05) is 6.61 Å². The Morgan fingerprint density at radius 2 is 1.90 bits per heavy atom. The first kappa shape index (κ1) is 9.92. The molecule has 0 aliphatic carbocycles. The van der Waals surface area contributed by atoms with Crippen molar-refractivity contribution in [3.05, 3.63) is 0 Å². The van der Waals surface area contributed by atoms with Gasteiger partial charge in [0.05, 0.1) is 12.7 Å². The molecule has 2 heteroatoms. The first-order chi connectivity index (χ1) is 4.81. The summed E-state index contributed by atoms with van der Waals surface area (Å²) in [5.41, 5.74) is 0. The molecule has 2 nitrogen and oxygen atoms in total. The Morgan fingerprint density at radius 3 is 2.40 bits per heavy atom. The number of aliphatic hydroxyl groups is 2. The summed E-state index contributed by atoms with van der Waals surface area (Å²) in [6.45, 7) is 2.06. The molecule has 0 fully saturated rings. The second-order valence-corrected chi connectivity index (χ2v) is 2.69.